The highest BCUT2D eigenvalue weighted by molar-refractivity contribution is 5.96. The maximum Gasteiger partial charge on any atom is 0.231 e. The fourth-order valence-corrected chi connectivity index (χ4v) is 3.98. The topological polar surface area (TPSA) is 76.4 Å². The van der Waals surface area contributed by atoms with E-state index >= 15 is 0 Å². The van der Waals surface area contributed by atoms with Crippen molar-refractivity contribution in [3.63, 3.8) is 0 Å². The lowest BCUT2D eigenvalue weighted by molar-refractivity contribution is -0.127. The second-order valence-electron chi connectivity index (χ2n) is 7.39. The third-order valence-electron chi connectivity index (χ3n) is 5.60. The molecule has 28 heavy (non-hydrogen) atoms. The van der Waals surface area contributed by atoms with Crippen LogP contribution < -0.4 is 10.2 Å². The van der Waals surface area contributed by atoms with Crippen molar-refractivity contribution in [2.75, 3.05) is 18.5 Å². The number of hydrogen-bond donors (Lipinski definition) is 1. The smallest absolute Gasteiger partial charge is 0.231 e. The molecule has 2 aromatic rings. The zero-order valence-corrected chi connectivity index (χ0v) is 15.8. The predicted octanol–water partition coefficient (Wildman–Crippen LogP) is 2.64. The number of anilines is 1. The molecule has 1 fully saturated rings. The van der Waals surface area contributed by atoms with Crippen molar-refractivity contribution in [1.82, 2.24) is 10.2 Å². The molecule has 2 amide bonds. The summed E-state index contributed by atoms with van der Waals surface area (Å²) in [6.07, 6.45) is 3.20. The summed E-state index contributed by atoms with van der Waals surface area (Å²) in [6.45, 7) is 1.53. The summed E-state index contributed by atoms with van der Waals surface area (Å²) < 4.78 is 0. The Morgan fingerprint density at radius 1 is 1.25 bits per heavy atom. The lowest BCUT2D eigenvalue weighted by atomic mass is 9.94. The van der Waals surface area contributed by atoms with Crippen LogP contribution in [0, 0.1) is 17.4 Å². The van der Waals surface area contributed by atoms with Gasteiger partial charge in [-0.2, -0.15) is 5.26 Å². The number of carbonyl (C=O) groups excluding carboxylic acids is 2. The van der Waals surface area contributed by atoms with E-state index in [1.54, 1.807) is 16.8 Å². The van der Waals surface area contributed by atoms with E-state index in [0.717, 1.165) is 27.9 Å². The molecule has 2 aliphatic rings. The quantitative estimate of drug-likeness (QED) is 0.838. The van der Waals surface area contributed by atoms with Gasteiger partial charge < -0.3 is 15.1 Å². The Bertz CT molecular complexity index is 954. The summed E-state index contributed by atoms with van der Waals surface area (Å²) in [6, 6.07) is 14.1. The van der Waals surface area contributed by atoms with E-state index in [0.29, 0.717) is 32.5 Å². The van der Waals surface area contributed by atoms with Crippen LogP contribution in [0.4, 0.5) is 5.69 Å². The Hall–Kier alpha value is -3.33. The number of carbonyl (C=O) groups is 2. The van der Waals surface area contributed by atoms with E-state index in [9.17, 15) is 14.9 Å². The number of fused-ring (bicyclic) bond motifs is 1. The van der Waals surface area contributed by atoms with E-state index in [1.807, 2.05) is 42.5 Å². The number of amides is 2. The van der Waals surface area contributed by atoms with E-state index in [-0.39, 0.29) is 17.7 Å². The first-order valence-corrected chi connectivity index (χ1v) is 9.47. The molecule has 1 atom stereocenters. The Labute approximate surface area is 164 Å². The molecule has 0 aliphatic carbocycles. The van der Waals surface area contributed by atoms with Gasteiger partial charge in [0.25, 0.3) is 0 Å². The van der Waals surface area contributed by atoms with Crippen molar-refractivity contribution in [3.8, 4) is 17.3 Å². The van der Waals surface area contributed by atoms with E-state index in [4.69, 9.17) is 0 Å². The highest BCUT2D eigenvalue weighted by atomic mass is 16.2. The number of benzene rings is 2. The van der Waals surface area contributed by atoms with Gasteiger partial charge in [0.2, 0.25) is 11.8 Å². The van der Waals surface area contributed by atoms with Crippen LogP contribution in [-0.2, 0) is 22.7 Å². The van der Waals surface area contributed by atoms with Gasteiger partial charge in [-0.3, -0.25) is 9.59 Å². The Kier molecular flexibility index (Phi) is 4.74. The summed E-state index contributed by atoms with van der Waals surface area (Å²) in [5.41, 5.74) is 5.17. The second kappa shape index (κ2) is 7.35. The van der Waals surface area contributed by atoms with Gasteiger partial charge in [-0.05, 0) is 40.8 Å². The number of nitriles is 1. The second-order valence-corrected chi connectivity index (χ2v) is 7.39. The number of rotatable bonds is 3. The molecule has 0 spiro atoms. The molecule has 6 heteroatoms. The number of nitrogens with one attached hydrogen (secondary N) is 1. The largest absolute Gasteiger partial charge is 0.355 e. The summed E-state index contributed by atoms with van der Waals surface area (Å²) in [7, 11) is 1.78. The lowest BCUT2D eigenvalue weighted by Gasteiger charge is -2.27. The molecule has 0 bridgehead atoms. The normalized spacial score (nSPS) is 18.2. The minimum Gasteiger partial charge on any atom is -0.355 e. The van der Waals surface area contributed by atoms with Crippen molar-refractivity contribution in [3.05, 3.63) is 53.6 Å². The van der Waals surface area contributed by atoms with Gasteiger partial charge in [-0.25, -0.2) is 0 Å². The average molecular weight is 374 g/mol. The van der Waals surface area contributed by atoms with Crippen LogP contribution in [0.25, 0.3) is 11.1 Å². The van der Waals surface area contributed by atoms with Crippen LogP contribution >= 0.6 is 0 Å². The molecule has 1 unspecified atom stereocenters. The lowest BCUT2D eigenvalue weighted by Crippen LogP contribution is -2.43. The average Bonchev–Trinajstić information content (AvgIpc) is 3.16. The monoisotopic (exact) mass is 374 g/mol. The fourth-order valence-electron chi connectivity index (χ4n) is 3.98. The van der Waals surface area contributed by atoms with Crippen molar-refractivity contribution >= 4 is 17.5 Å². The molecule has 6 nitrogen and oxygen atoms in total. The highest BCUT2D eigenvalue weighted by Gasteiger charge is 2.29. The van der Waals surface area contributed by atoms with Crippen molar-refractivity contribution in [1.29, 1.82) is 5.26 Å². The SMILES string of the molecule is CN(C(=O)C1CCC(=O)NC1)c1cc2c(c(-c3ccccc3)c1)CN(C#N)C2. The Morgan fingerprint density at radius 2 is 2.04 bits per heavy atom. The van der Waals surface area contributed by atoms with Crippen LogP contribution in [0.1, 0.15) is 24.0 Å². The van der Waals surface area contributed by atoms with Gasteiger partial charge in [0.15, 0.2) is 6.19 Å². The van der Waals surface area contributed by atoms with Crippen LogP contribution in [-0.4, -0.2) is 30.3 Å². The fraction of sp³-hybridized carbons (Fsp3) is 0.318. The molecular weight excluding hydrogens is 352 g/mol. The molecule has 1 N–H and O–H groups in total. The van der Waals surface area contributed by atoms with Gasteiger partial charge in [0.1, 0.15) is 0 Å². The highest BCUT2D eigenvalue weighted by Crippen LogP contribution is 2.36. The van der Waals surface area contributed by atoms with E-state index in [1.165, 1.54) is 0 Å². The minimum atomic E-state index is -0.202. The maximum absolute atomic E-state index is 13.0. The Balaban J connectivity index is 1.69. The van der Waals surface area contributed by atoms with Gasteiger partial charge in [-0.1, -0.05) is 30.3 Å². The van der Waals surface area contributed by atoms with Crippen LogP contribution in [0.3, 0.4) is 0 Å². The Morgan fingerprint density at radius 3 is 2.71 bits per heavy atom. The number of nitrogens with zero attached hydrogens (tertiary/aromatic N) is 3. The molecule has 1 saturated heterocycles. The third kappa shape index (κ3) is 3.31. The van der Waals surface area contributed by atoms with Crippen molar-refractivity contribution < 1.29 is 9.59 Å². The van der Waals surface area contributed by atoms with Crippen LogP contribution in [0.5, 0.6) is 0 Å². The molecule has 142 valence electrons. The van der Waals surface area contributed by atoms with Gasteiger partial charge in [0.05, 0.1) is 19.0 Å². The first kappa shape index (κ1) is 18.1. The summed E-state index contributed by atoms with van der Waals surface area (Å²) in [5, 5.41) is 12.1. The first-order chi connectivity index (χ1) is 13.6. The summed E-state index contributed by atoms with van der Waals surface area (Å²) in [5.74, 6) is -0.187. The summed E-state index contributed by atoms with van der Waals surface area (Å²) in [4.78, 5) is 27.8. The zero-order valence-electron chi connectivity index (χ0n) is 15.8. The van der Waals surface area contributed by atoms with E-state index < -0.39 is 0 Å². The maximum atomic E-state index is 13.0. The first-order valence-electron chi connectivity index (χ1n) is 9.47. The molecule has 0 aromatic heterocycles. The van der Waals surface area contributed by atoms with E-state index in [2.05, 4.69) is 11.5 Å². The number of hydrogen-bond acceptors (Lipinski definition) is 4. The molecule has 0 saturated carbocycles. The van der Waals surface area contributed by atoms with Gasteiger partial charge in [-0.15, -0.1) is 0 Å². The van der Waals surface area contributed by atoms with Gasteiger partial charge in [0, 0.05) is 25.7 Å². The van der Waals surface area contributed by atoms with Crippen LogP contribution in [0.15, 0.2) is 42.5 Å². The minimum absolute atomic E-state index is 0.00666. The van der Waals surface area contributed by atoms with Crippen molar-refractivity contribution in [2.24, 2.45) is 5.92 Å². The molecule has 0 radical (unpaired) electrons. The zero-order chi connectivity index (χ0) is 19.7. The van der Waals surface area contributed by atoms with Gasteiger partial charge >= 0.3 is 0 Å². The summed E-state index contributed by atoms with van der Waals surface area (Å²) >= 11 is 0. The third-order valence-corrected chi connectivity index (χ3v) is 5.60. The standard InChI is InChI=1S/C22H22N4O2/c1-25(22(28)16-7-8-21(27)24-11-16)18-9-17-12-26(14-23)13-20(17)19(10-18)15-5-3-2-4-6-15/h2-6,9-10,16H,7-8,11-13H2,1H3,(H,24,27). The van der Waals surface area contributed by atoms with Crippen LogP contribution in [0.2, 0.25) is 0 Å². The molecular formula is C22H22N4O2. The molecule has 2 heterocycles. The molecule has 2 aromatic carbocycles. The molecule has 2 aliphatic heterocycles. The predicted molar refractivity (Wildman–Crippen MR) is 106 cm³/mol. The number of piperidine rings is 1. The molecule has 4 rings (SSSR count). The van der Waals surface area contributed by atoms with Crippen molar-refractivity contribution in [2.45, 2.75) is 25.9 Å².